The van der Waals surface area contributed by atoms with Gasteiger partial charge < -0.3 is 9.88 Å². The molecule has 1 aromatic heterocycles. The van der Waals surface area contributed by atoms with Crippen LogP contribution in [0.15, 0.2) is 48.8 Å². The summed E-state index contributed by atoms with van der Waals surface area (Å²) in [6, 6.07) is 9.68. The molecule has 4 heteroatoms. The van der Waals surface area contributed by atoms with Gasteiger partial charge in [-0.3, -0.25) is 4.79 Å². The number of carbonyl (C=O) groups excluding carboxylic acids is 1. The molecule has 0 aliphatic heterocycles. The first-order chi connectivity index (χ1) is 8.74. The third kappa shape index (κ3) is 3.73. The molecule has 3 nitrogen and oxygen atoms in total. The largest absolute Gasteiger partial charge is 0.354 e. The normalized spacial score (nSPS) is 10.3. The van der Waals surface area contributed by atoms with Gasteiger partial charge in [0.1, 0.15) is 5.82 Å². The molecule has 0 saturated carbocycles. The van der Waals surface area contributed by atoms with Crippen molar-refractivity contribution in [1.29, 1.82) is 0 Å². The minimum absolute atomic E-state index is 0.0474. The van der Waals surface area contributed by atoms with Crippen LogP contribution >= 0.6 is 0 Å². The molecule has 0 radical (unpaired) electrons. The zero-order chi connectivity index (χ0) is 12.8. The van der Waals surface area contributed by atoms with Gasteiger partial charge in [0.25, 0.3) is 0 Å². The highest BCUT2D eigenvalue weighted by Crippen LogP contribution is 2.09. The lowest BCUT2D eigenvalue weighted by atomic mass is 10.2. The maximum atomic E-state index is 12.7. The lowest BCUT2D eigenvalue weighted by Crippen LogP contribution is -2.12. The first kappa shape index (κ1) is 12.4. The van der Waals surface area contributed by atoms with Gasteiger partial charge in [0.05, 0.1) is 0 Å². The van der Waals surface area contributed by atoms with Crippen molar-refractivity contribution in [2.75, 3.05) is 5.32 Å². The van der Waals surface area contributed by atoms with E-state index in [0.717, 1.165) is 13.0 Å². The fraction of sp³-hybridized carbons (Fsp3) is 0.214. The van der Waals surface area contributed by atoms with E-state index in [9.17, 15) is 9.18 Å². The minimum atomic E-state index is -0.305. The number of aryl methyl sites for hydroxylation is 1. The molecule has 0 fully saturated rings. The number of rotatable bonds is 5. The molecule has 0 saturated heterocycles. The number of benzene rings is 1. The van der Waals surface area contributed by atoms with E-state index in [0.29, 0.717) is 12.1 Å². The number of aromatic nitrogens is 1. The average molecular weight is 246 g/mol. The van der Waals surface area contributed by atoms with Gasteiger partial charge >= 0.3 is 0 Å². The Bertz CT molecular complexity index is 491. The number of amides is 1. The molecule has 1 heterocycles. The summed E-state index contributed by atoms with van der Waals surface area (Å²) in [7, 11) is 0. The van der Waals surface area contributed by atoms with Crippen LogP contribution < -0.4 is 5.32 Å². The summed E-state index contributed by atoms with van der Waals surface area (Å²) in [6.45, 7) is 0.823. The topological polar surface area (TPSA) is 34.0 Å². The number of nitrogens with zero attached hydrogens (tertiary/aromatic N) is 1. The van der Waals surface area contributed by atoms with Crippen LogP contribution in [0.2, 0.25) is 0 Å². The van der Waals surface area contributed by atoms with Crippen molar-refractivity contribution in [3.8, 4) is 0 Å². The summed E-state index contributed by atoms with van der Waals surface area (Å²) in [5.74, 6) is -0.352. The first-order valence-electron chi connectivity index (χ1n) is 5.90. The van der Waals surface area contributed by atoms with Crippen LogP contribution in [0.5, 0.6) is 0 Å². The minimum Gasteiger partial charge on any atom is -0.354 e. The Kier molecular flexibility index (Phi) is 4.12. The Morgan fingerprint density at radius 3 is 2.50 bits per heavy atom. The second-order valence-electron chi connectivity index (χ2n) is 4.08. The van der Waals surface area contributed by atoms with Crippen LogP contribution in [0.3, 0.4) is 0 Å². The van der Waals surface area contributed by atoms with Crippen molar-refractivity contribution < 1.29 is 9.18 Å². The van der Waals surface area contributed by atoms with Gasteiger partial charge in [0.15, 0.2) is 0 Å². The Hall–Kier alpha value is -2.10. The number of carbonyl (C=O) groups is 1. The third-order valence-electron chi connectivity index (χ3n) is 2.61. The van der Waals surface area contributed by atoms with E-state index >= 15 is 0 Å². The first-order valence-corrected chi connectivity index (χ1v) is 5.90. The van der Waals surface area contributed by atoms with Crippen molar-refractivity contribution in [2.45, 2.75) is 19.4 Å². The van der Waals surface area contributed by atoms with Gasteiger partial charge in [-0.05, 0) is 42.8 Å². The van der Waals surface area contributed by atoms with E-state index in [4.69, 9.17) is 0 Å². The number of halogens is 1. The van der Waals surface area contributed by atoms with Gasteiger partial charge in [-0.1, -0.05) is 0 Å². The Morgan fingerprint density at radius 2 is 1.83 bits per heavy atom. The van der Waals surface area contributed by atoms with Crippen LogP contribution in [0, 0.1) is 5.82 Å². The maximum absolute atomic E-state index is 12.7. The summed E-state index contributed by atoms with van der Waals surface area (Å²) in [4.78, 5) is 11.6. The van der Waals surface area contributed by atoms with Gasteiger partial charge in [-0.25, -0.2) is 4.39 Å². The van der Waals surface area contributed by atoms with Crippen molar-refractivity contribution in [3.05, 3.63) is 54.6 Å². The zero-order valence-corrected chi connectivity index (χ0v) is 9.97. The fourth-order valence-electron chi connectivity index (χ4n) is 1.70. The smallest absolute Gasteiger partial charge is 0.224 e. The van der Waals surface area contributed by atoms with Crippen LogP contribution in [0.1, 0.15) is 12.8 Å². The molecule has 0 spiro atoms. The van der Waals surface area contributed by atoms with E-state index in [1.807, 2.05) is 29.1 Å². The number of hydrogen-bond acceptors (Lipinski definition) is 1. The van der Waals surface area contributed by atoms with E-state index in [2.05, 4.69) is 5.32 Å². The number of anilines is 1. The highest BCUT2D eigenvalue weighted by molar-refractivity contribution is 5.90. The monoisotopic (exact) mass is 246 g/mol. The summed E-state index contributed by atoms with van der Waals surface area (Å²) in [6.07, 6.45) is 5.17. The van der Waals surface area contributed by atoms with Crippen LogP contribution in [0.4, 0.5) is 10.1 Å². The van der Waals surface area contributed by atoms with Gasteiger partial charge in [-0.15, -0.1) is 0 Å². The Balaban J connectivity index is 1.73. The Labute approximate surface area is 105 Å². The third-order valence-corrected chi connectivity index (χ3v) is 2.61. The van der Waals surface area contributed by atoms with E-state index in [-0.39, 0.29) is 11.7 Å². The summed E-state index contributed by atoms with van der Waals surface area (Å²) >= 11 is 0. The molecule has 94 valence electrons. The lowest BCUT2D eigenvalue weighted by molar-refractivity contribution is -0.116. The molecule has 0 bridgehead atoms. The van der Waals surface area contributed by atoms with E-state index < -0.39 is 0 Å². The quantitative estimate of drug-likeness (QED) is 0.864. The van der Waals surface area contributed by atoms with Crippen LogP contribution in [-0.4, -0.2) is 10.5 Å². The molecule has 1 N–H and O–H groups in total. The van der Waals surface area contributed by atoms with Crippen LogP contribution in [0.25, 0.3) is 0 Å². The Morgan fingerprint density at radius 1 is 1.17 bits per heavy atom. The van der Waals surface area contributed by atoms with Crippen molar-refractivity contribution in [1.82, 2.24) is 4.57 Å². The van der Waals surface area contributed by atoms with E-state index in [1.54, 1.807) is 12.1 Å². The fourth-order valence-corrected chi connectivity index (χ4v) is 1.70. The molecule has 0 aliphatic rings. The molecular formula is C14H15FN2O. The molecule has 2 rings (SSSR count). The van der Waals surface area contributed by atoms with Gasteiger partial charge in [-0.2, -0.15) is 0 Å². The molecule has 18 heavy (non-hydrogen) atoms. The second-order valence-corrected chi connectivity index (χ2v) is 4.08. The van der Waals surface area contributed by atoms with Crippen molar-refractivity contribution >= 4 is 11.6 Å². The van der Waals surface area contributed by atoms with Crippen LogP contribution in [-0.2, 0) is 11.3 Å². The van der Waals surface area contributed by atoms with Gasteiger partial charge in [0.2, 0.25) is 5.91 Å². The molecular weight excluding hydrogens is 231 g/mol. The highest BCUT2D eigenvalue weighted by Gasteiger charge is 2.02. The van der Waals surface area contributed by atoms with Gasteiger partial charge in [0, 0.05) is 31.0 Å². The van der Waals surface area contributed by atoms with Crippen molar-refractivity contribution in [2.24, 2.45) is 0 Å². The highest BCUT2D eigenvalue weighted by atomic mass is 19.1. The summed E-state index contributed by atoms with van der Waals surface area (Å²) < 4.78 is 14.7. The molecule has 1 amide bonds. The molecule has 0 aliphatic carbocycles. The summed E-state index contributed by atoms with van der Waals surface area (Å²) in [5.41, 5.74) is 0.627. The zero-order valence-electron chi connectivity index (χ0n) is 9.97. The molecule has 1 aromatic carbocycles. The standard InChI is InChI=1S/C14H15FN2O/c15-12-5-7-13(8-6-12)16-14(18)4-3-11-17-9-1-2-10-17/h1-2,5-10H,3-4,11H2,(H,16,18). The predicted molar refractivity (Wildman–Crippen MR) is 68.7 cm³/mol. The number of nitrogens with one attached hydrogen (secondary N) is 1. The predicted octanol–water partition coefficient (Wildman–Crippen LogP) is 3.05. The number of hydrogen-bond donors (Lipinski definition) is 1. The van der Waals surface area contributed by atoms with Crippen molar-refractivity contribution in [3.63, 3.8) is 0 Å². The summed E-state index contributed by atoms with van der Waals surface area (Å²) in [5, 5.41) is 2.73. The SMILES string of the molecule is O=C(CCCn1cccc1)Nc1ccc(F)cc1. The lowest BCUT2D eigenvalue weighted by Gasteiger charge is -2.05. The second kappa shape index (κ2) is 6.00. The molecule has 0 unspecified atom stereocenters. The van der Waals surface area contributed by atoms with E-state index in [1.165, 1.54) is 12.1 Å². The maximum Gasteiger partial charge on any atom is 0.224 e. The molecule has 2 aromatic rings. The average Bonchev–Trinajstić information content (AvgIpc) is 2.85. The molecule has 0 atom stereocenters.